The Balaban J connectivity index is 1.92. The van der Waals surface area contributed by atoms with Gasteiger partial charge in [0, 0.05) is 31.1 Å². The lowest BCUT2D eigenvalue weighted by Gasteiger charge is -2.17. The quantitative estimate of drug-likeness (QED) is 0.691. The van der Waals surface area contributed by atoms with Crippen LogP contribution in [0.5, 0.6) is 0 Å². The number of hydrogen-bond acceptors (Lipinski definition) is 4. The van der Waals surface area contributed by atoms with Crippen LogP contribution in [0.25, 0.3) is 10.9 Å². The molecule has 2 rings (SSSR count). The number of amides is 1. The summed E-state index contributed by atoms with van der Waals surface area (Å²) in [7, 11) is 0. The van der Waals surface area contributed by atoms with Crippen molar-refractivity contribution >= 4 is 28.4 Å². The van der Waals surface area contributed by atoms with Crippen molar-refractivity contribution in [3.63, 3.8) is 0 Å². The van der Waals surface area contributed by atoms with Gasteiger partial charge in [-0.25, -0.2) is 4.79 Å². The van der Waals surface area contributed by atoms with Crippen LogP contribution in [0.3, 0.4) is 0 Å². The third-order valence-corrected chi connectivity index (χ3v) is 4.61. The molecule has 0 saturated carbocycles. The van der Waals surface area contributed by atoms with Crippen LogP contribution in [0, 0.1) is 0 Å². The van der Waals surface area contributed by atoms with Gasteiger partial charge in [-0.3, -0.25) is 14.2 Å². The summed E-state index contributed by atoms with van der Waals surface area (Å²) < 4.78 is 1.12. The highest BCUT2D eigenvalue weighted by Crippen LogP contribution is 2.13. The van der Waals surface area contributed by atoms with Gasteiger partial charge in [-0.15, -0.1) is 0 Å². The number of halogens is 1. The van der Waals surface area contributed by atoms with Gasteiger partial charge in [0.05, 0.1) is 10.9 Å². The van der Waals surface area contributed by atoms with Crippen molar-refractivity contribution in [3.05, 3.63) is 44.1 Å². The Morgan fingerprint density at radius 3 is 2.69 bits per heavy atom. The number of H-pyrrole nitrogens is 1. The monoisotopic (exact) mass is 380 g/mol. The van der Waals surface area contributed by atoms with Crippen molar-refractivity contribution in [2.24, 2.45) is 0 Å². The van der Waals surface area contributed by atoms with E-state index in [4.69, 9.17) is 11.6 Å². The van der Waals surface area contributed by atoms with E-state index in [1.807, 2.05) is 0 Å². The second-order valence-electron chi connectivity index (χ2n) is 6.06. The number of fused-ring (bicyclic) bond motifs is 1. The van der Waals surface area contributed by atoms with E-state index in [1.165, 1.54) is 0 Å². The highest BCUT2D eigenvalue weighted by Gasteiger charge is 2.09. The molecule has 0 unspecified atom stereocenters. The molecule has 26 heavy (non-hydrogen) atoms. The molecule has 0 fully saturated rings. The lowest BCUT2D eigenvalue weighted by Crippen LogP contribution is -2.36. The second-order valence-corrected chi connectivity index (χ2v) is 6.49. The summed E-state index contributed by atoms with van der Waals surface area (Å²) in [5.41, 5.74) is -0.452. The van der Waals surface area contributed by atoms with E-state index < -0.39 is 5.69 Å². The maximum Gasteiger partial charge on any atom is 0.328 e. The molecular weight excluding hydrogens is 356 g/mol. The van der Waals surface area contributed by atoms with E-state index >= 15 is 0 Å². The Morgan fingerprint density at radius 2 is 2.00 bits per heavy atom. The number of rotatable bonds is 9. The molecule has 0 radical (unpaired) electrons. The lowest BCUT2D eigenvalue weighted by atomic mass is 10.2. The van der Waals surface area contributed by atoms with Crippen molar-refractivity contribution < 1.29 is 4.79 Å². The zero-order chi connectivity index (χ0) is 19.1. The second kappa shape index (κ2) is 9.54. The standard InChI is InChI=1S/C18H25ClN4O3/c1-3-22(4-2)11-9-20-16(24)6-5-10-23-17(25)14-8-7-13(19)12-15(14)21-18(23)26/h7-8,12H,3-6,9-11H2,1-2H3,(H,20,24)(H,21,26). The number of benzene rings is 1. The van der Waals surface area contributed by atoms with E-state index in [-0.39, 0.29) is 24.4 Å². The molecular formula is C18H25ClN4O3. The number of aromatic amines is 1. The van der Waals surface area contributed by atoms with Crippen LogP contribution in [0.15, 0.2) is 27.8 Å². The number of nitrogens with zero attached hydrogens (tertiary/aromatic N) is 2. The Labute approximate surface area is 157 Å². The number of hydrogen-bond donors (Lipinski definition) is 2. The van der Waals surface area contributed by atoms with Crippen molar-refractivity contribution in [2.45, 2.75) is 33.2 Å². The maximum atomic E-state index is 12.4. The number of likely N-dealkylation sites (N-methyl/N-ethyl adjacent to an activating group) is 1. The van der Waals surface area contributed by atoms with Gasteiger partial charge in [-0.05, 0) is 37.7 Å². The summed E-state index contributed by atoms with van der Waals surface area (Å²) in [5.74, 6) is -0.0748. The fourth-order valence-corrected chi connectivity index (χ4v) is 2.98. The van der Waals surface area contributed by atoms with Gasteiger partial charge in [0.1, 0.15) is 0 Å². The van der Waals surface area contributed by atoms with Gasteiger partial charge in [0.15, 0.2) is 0 Å². The van der Waals surface area contributed by atoms with Crippen LogP contribution in [0.1, 0.15) is 26.7 Å². The molecule has 142 valence electrons. The predicted molar refractivity (Wildman–Crippen MR) is 104 cm³/mol. The largest absolute Gasteiger partial charge is 0.355 e. The molecule has 0 aliphatic heterocycles. The smallest absolute Gasteiger partial charge is 0.328 e. The lowest BCUT2D eigenvalue weighted by molar-refractivity contribution is -0.121. The average Bonchev–Trinajstić information content (AvgIpc) is 2.61. The molecule has 1 aromatic heterocycles. The fourth-order valence-electron chi connectivity index (χ4n) is 2.81. The molecule has 1 heterocycles. The van der Waals surface area contributed by atoms with Crippen LogP contribution in [0.4, 0.5) is 0 Å². The Kier molecular flexibility index (Phi) is 7.41. The van der Waals surface area contributed by atoms with Crippen molar-refractivity contribution in [1.29, 1.82) is 0 Å². The normalized spacial score (nSPS) is 11.2. The van der Waals surface area contributed by atoms with E-state index in [0.29, 0.717) is 28.9 Å². The Bertz CT molecular complexity index is 871. The van der Waals surface area contributed by atoms with Gasteiger partial charge in [-0.1, -0.05) is 25.4 Å². The number of carbonyl (C=O) groups excluding carboxylic acids is 1. The first kappa shape index (κ1) is 20.2. The summed E-state index contributed by atoms with van der Waals surface area (Å²) in [4.78, 5) is 41.3. The van der Waals surface area contributed by atoms with E-state index in [9.17, 15) is 14.4 Å². The Hall–Kier alpha value is -2.12. The predicted octanol–water partition coefficient (Wildman–Crippen LogP) is 1.58. The molecule has 0 spiro atoms. The average molecular weight is 381 g/mol. The van der Waals surface area contributed by atoms with Crippen LogP contribution in [0.2, 0.25) is 5.02 Å². The SMILES string of the molecule is CCN(CC)CCNC(=O)CCCn1c(=O)[nH]c2cc(Cl)ccc2c1=O. The number of aromatic nitrogens is 2. The molecule has 8 heteroatoms. The van der Waals surface area contributed by atoms with Crippen molar-refractivity contribution in [3.8, 4) is 0 Å². The molecule has 1 aromatic carbocycles. The third-order valence-electron chi connectivity index (χ3n) is 4.37. The minimum absolute atomic E-state index is 0.0748. The molecule has 7 nitrogen and oxygen atoms in total. The molecule has 1 amide bonds. The summed E-state index contributed by atoms with van der Waals surface area (Å²) in [6.07, 6.45) is 0.683. The minimum atomic E-state index is -0.494. The first-order chi connectivity index (χ1) is 12.5. The zero-order valence-corrected chi connectivity index (χ0v) is 15.9. The molecule has 2 aromatic rings. The molecule has 0 bridgehead atoms. The first-order valence-corrected chi connectivity index (χ1v) is 9.25. The van der Waals surface area contributed by atoms with E-state index in [2.05, 4.69) is 29.0 Å². The van der Waals surface area contributed by atoms with Crippen molar-refractivity contribution in [2.75, 3.05) is 26.2 Å². The molecule has 0 saturated heterocycles. The molecule has 0 atom stereocenters. The van der Waals surface area contributed by atoms with Crippen molar-refractivity contribution in [1.82, 2.24) is 19.8 Å². The topological polar surface area (TPSA) is 87.2 Å². The maximum absolute atomic E-state index is 12.4. The first-order valence-electron chi connectivity index (χ1n) is 8.87. The van der Waals surface area contributed by atoms with E-state index in [0.717, 1.165) is 24.2 Å². The summed E-state index contributed by atoms with van der Waals surface area (Å²) >= 11 is 5.88. The Morgan fingerprint density at radius 1 is 1.27 bits per heavy atom. The highest BCUT2D eigenvalue weighted by molar-refractivity contribution is 6.31. The highest BCUT2D eigenvalue weighted by atomic mass is 35.5. The van der Waals surface area contributed by atoms with Gasteiger partial charge in [0.25, 0.3) is 5.56 Å². The van der Waals surface area contributed by atoms with Gasteiger partial charge < -0.3 is 15.2 Å². The fraction of sp³-hybridized carbons (Fsp3) is 0.500. The van der Waals surface area contributed by atoms with Crippen LogP contribution < -0.4 is 16.6 Å². The summed E-state index contributed by atoms with van der Waals surface area (Å²) in [5, 5.41) is 3.72. The molecule has 0 aliphatic carbocycles. The third kappa shape index (κ3) is 5.19. The van der Waals surface area contributed by atoms with Gasteiger partial charge in [-0.2, -0.15) is 0 Å². The number of nitrogens with one attached hydrogen (secondary N) is 2. The molecule has 2 N–H and O–H groups in total. The summed E-state index contributed by atoms with van der Waals surface area (Å²) in [6.45, 7) is 7.66. The molecule has 0 aliphatic rings. The minimum Gasteiger partial charge on any atom is -0.355 e. The van der Waals surface area contributed by atoms with E-state index in [1.54, 1.807) is 18.2 Å². The van der Waals surface area contributed by atoms with Gasteiger partial charge in [0.2, 0.25) is 5.91 Å². The van der Waals surface area contributed by atoms with Gasteiger partial charge >= 0.3 is 5.69 Å². The zero-order valence-electron chi connectivity index (χ0n) is 15.2. The van der Waals surface area contributed by atoms with Crippen LogP contribution >= 0.6 is 11.6 Å². The van der Waals surface area contributed by atoms with Crippen LogP contribution in [-0.4, -0.2) is 46.5 Å². The summed E-state index contributed by atoms with van der Waals surface area (Å²) in [6, 6.07) is 4.75. The van der Waals surface area contributed by atoms with Crippen LogP contribution in [-0.2, 0) is 11.3 Å². The number of carbonyl (C=O) groups is 1.